The van der Waals surface area contributed by atoms with Gasteiger partial charge in [-0.25, -0.2) is 9.97 Å². The standard InChI is InChI=1S/C80H61BN4/c1-79(2,3)64-41-63(42-65(49-64)80(4,5)6)78-82-71-28-18-17-27-68(71)77(83-78)62-47-74-76-75(48-62)85(67-35-31-53(32-36-67)51-21-11-8-12-22-51)73-46-61-40-57-26-16-14-24-55(57)38-59(61)44-70(73)81(76)69-43-58-37-54-23-13-15-25-56(54)39-60(58)45-72(69)84(74)66-33-29-52(30-34-66)50-19-9-7-10-20-50/h7-49H,1-6H3. The minimum Gasteiger partial charge on any atom is -0.311 e. The summed E-state index contributed by atoms with van der Waals surface area (Å²) in [5.41, 5.74) is 21.3. The topological polar surface area (TPSA) is 32.3 Å². The molecule has 16 rings (SSSR count). The number of hydrogen-bond donors (Lipinski definition) is 0. The van der Waals surface area contributed by atoms with Gasteiger partial charge in [-0.15, -0.1) is 0 Å². The smallest absolute Gasteiger partial charge is 0.252 e. The monoisotopic (exact) mass is 1090 g/mol. The fourth-order valence-electron chi connectivity index (χ4n) is 13.5. The van der Waals surface area contributed by atoms with Crippen molar-refractivity contribution in [3.05, 3.63) is 272 Å². The Bertz CT molecular complexity index is 4750. The quantitative estimate of drug-likeness (QED) is 0.123. The molecule has 13 aromatic carbocycles. The highest BCUT2D eigenvalue weighted by Crippen LogP contribution is 2.49. The molecule has 0 amide bonds. The van der Waals surface area contributed by atoms with E-state index in [1.54, 1.807) is 0 Å². The molecule has 0 saturated carbocycles. The second-order valence-corrected chi connectivity index (χ2v) is 25.5. The van der Waals surface area contributed by atoms with E-state index >= 15 is 0 Å². The van der Waals surface area contributed by atoms with Gasteiger partial charge in [0.25, 0.3) is 6.71 Å². The third kappa shape index (κ3) is 8.59. The molecule has 85 heavy (non-hydrogen) atoms. The lowest BCUT2D eigenvalue weighted by atomic mass is 9.33. The maximum absolute atomic E-state index is 5.82. The summed E-state index contributed by atoms with van der Waals surface area (Å²) < 4.78 is 0. The molecule has 0 fully saturated rings. The predicted molar refractivity (Wildman–Crippen MR) is 363 cm³/mol. The highest BCUT2D eigenvalue weighted by atomic mass is 15.2. The molecular weight excluding hydrogens is 1030 g/mol. The van der Waals surface area contributed by atoms with Crippen LogP contribution in [-0.4, -0.2) is 16.7 Å². The van der Waals surface area contributed by atoms with Crippen molar-refractivity contribution in [3.63, 3.8) is 0 Å². The zero-order valence-electron chi connectivity index (χ0n) is 48.7. The van der Waals surface area contributed by atoms with Gasteiger partial charge >= 0.3 is 0 Å². The highest BCUT2D eigenvalue weighted by Gasteiger charge is 2.44. The average molecular weight is 1090 g/mol. The summed E-state index contributed by atoms with van der Waals surface area (Å²) in [7, 11) is 0. The van der Waals surface area contributed by atoms with Crippen LogP contribution in [0.1, 0.15) is 52.7 Å². The first-order valence-corrected chi connectivity index (χ1v) is 29.8. The molecule has 404 valence electrons. The molecular formula is C80H61BN4. The minimum atomic E-state index is -0.149. The van der Waals surface area contributed by atoms with Gasteiger partial charge in [-0.1, -0.05) is 211 Å². The number of para-hydroxylation sites is 1. The van der Waals surface area contributed by atoms with E-state index in [4.69, 9.17) is 9.97 Å². The molecule has 0 unspecified atom stereocenters. The zero-order valence-corrected chi connectivity index (χ0v) is 48.7. The average Bonchev–Trinajstić information content (AvgIpc) is 0.970. The van der Waals surface area contributed by atoms with Gasteiger partial charge in [-0.05, 0) is 195 Å². The molecule has 0 N–H and O–H groups in total. The molecule has 2 aliphatic heterocycles. The lowest BCUT2D eigenvalue weighted by Gasteiger charge is -2.44. The first-order chi connectivity index (χ1) is 41.3. The summed E-state index contributed by atoms with van der Waals surface area (Å²) in [6.07, 6.45) is 0. The molecule has 0 atom stereocenters. The third-order valence-corrected chi connectivity index (χ3v) is 18.0. The fourth-order valence-corrected chi connectivity index (χ4v) is 13.5. The first-order valence-electron chi connectivity index (χ1n) is 29.8. The van der Waals surface area contributed by atoms with Crippen LogP contribution in [0.15, 0.2) is 261 Å². The lowest BCUT2D eigenvalue weighted by molar-refractivity contribution is 0.569. The predicted octanol–water partition coefficient (Wildman–Crippen LogP) is 19.6. The molecule has 0 spiro atoms. The van der Waals surface area contributed by atoms with E-state index in [9.17, 15) is 0 Å². The first kappa shape index (κ1) is 50.6. The second-order valence-electron chi connectivity index (χ2n) is 25.5. The Morgan fingerprint density at radius 2 is 0.706 bits per heavy atom. The van der Waals surface area contributed by atoms with Gasteiger partial charge in [0.1, 0.15) is 0 Å². The van der Waals surface area contributed by atoms with Crippen LogP contribution in [0, 0.1) is 0 Å². The van der Waals surface area contributed by atoms with E-state index in [-0.39, 0.29) is 17.5 Å². The summed E-state index contributed by atoms with van der Waals surface area (Å²) in [5, 5.41) is 10.7. The number of anilines is 6. The van der Waals surface area contributed by atoms with Crippen LogP contribution in [0.3, 0.4) is 0 Å². The van der Waals surface area contributed by atoms with E-state index < -0.39 is 0 Å². The van der Waals surface area contributed by atoms with Crippen LogP contribution >= 0.6 is 0 Å². The second kappa shape index (κ2) is 19.2. The van der Waals surface area contributed by atoms with Gasteiger partial charge in [0, 0.05) is 50.6 Å². The minimum absolute atomic E-state index is 0.0949. The van der Waals surface area contributed by atoms with Crippen molar-refractivity contribution in [3.8, 4) is 44.9 Å². The van der Waals surface area contributed by atoms with E-state index in [0.29, 0.717) is 5.82 Å². The number of rotatable bonds is 6. The van der Waals surface area contributed by atoms with Crippen molar-refractivity contribution in [1.29, 1.82) is 0 Å². The van der Waals surface area contributed by atoms with Gasteiger partial charge in [0.05, 0.1) is 11.2 Å². The highest BCUT2D eigenvalue weighted by molar-refractivity contribution is 7.00. The Morgan fingerprint density at radius 3 is 1.15 bits per heavy atom. The Kier molecular flexibility index (Phi) is 11.5. The Labute approximate surface area is 497 Å². The van der Waals surface area contributed by atoms with E-state index in [1.165, 1.54) is 92.9 Å². The summed E-state index contributed by atoms with van der Waals surface area (Å²) in [5.74, 6) is 0.712. The zero-order chi connectivity index (χ0) is 57.3. The van der Waals surface area contributed by atoms with Gasteiger partial charge in [-0.2, -0.15) is 0 Å². The Hall–Kier alpha value is -10.1. The van der Waals surface area contributed by atoms with E-state index in [1.807, 2.05) is 0 Å². The van der Waals surface area contributed by atoms with Crippen LogP contribution in [0.4, 0.5) is 34.1 Å². The van der Waals surface area contributed by atoms with Crippen molar-refractivity contribution in [2.24, 2.45) is 0 Å². The van der Waals surface area contributed by atoms with Gasteiger partial charge in [0.15, 0.2) is 5.82 Å². The Morgan fingerprint density at radius 1 is 0.306 bits per heavy atom. The van der Waals surface area contributed by atoms with Crippen molar-refractivity contribution in [2.45, 2.75) is 52.4 Å². The molecule has 5 heteroatoms. The Balaban J connectivity index is 1.03. The van der Waals surface area contributed by atoms with Gasteiger partial charge in [-0.3, -0.25) is 0 Å². The van der Waals surface area contributed by atoms with E-state index in [2.05, 4.69) is 312 Å². The molecule has 14 aromatic rings. The van der Waals surface area contributed by atoms with Crippen molar-refractivity contribution >= 4 is 111 Å². The van der Waals surface area contributed by atoms with Crippen LogP contribution in [-0.2, 0) is 10.8 Å². The number of hydrogen-bond acceptors (Lipinski definition) is 4. The summed E-state index contributed by atoms with van der Waals surface area (Å²) in [6.45, 7) is 13.6. The van der Waals surface area contributed by atoms with Crippen LogP contribution in [0.5, 0.6) is 0 Å². The van der Waals surface area contributed by atoms with E-state index in [0.717, 1.165) is 61.8 Å². The molecule has 0 aliphatic carbocycles. The fraction of sp³-hybridized carbons (Fsp3) is 0.100. The molecule has 2 aliphatic rings. The largest absolute Gasteiger partial charge is 0.311 e. The van der Waals surface area contributed by atoms with Crippen LogP contribution < -0.4 is 26.2 Å². The third-order valence-electron chi connectivity index (χ3n) is 18.0. The molecule has 4 nitrogen and oxygen atoms in total. The SMILES string of the molecule is CC(C)(C)c1cc(-c2nc(-c3cc4c5c(c3)N(c3ccc(-c6ccccc6)cc3)c3cc6cc7ccccc7cc6cc3B5c3cc5cc6ccccc6cc5cc3N4c3ccc(-c4ccccc4)cc3)c3ccccc3n2)cc(C(C)(C)C)c1. The molecule has 0 bridgehead atoms. The van der Waals surface area contributed by atoms with Gasteiger partial charge < -0.3 is 9.80 Å². The molecule has 3 heterocycles. The number of nitrogens with zero attached hydrogens (tertiary/aromatic N) is 4. The molecule has 0 saturated heterocycles. The van der Waals surface area contributed by atoms with Crippen LogP contribution in [0.25, 0.3) is 98.9 Å². The number of benzene rings is 13. The maximum Gasteiger partial charge on any atom is 0.252 e. The lowest BCUT2D eigenvalue weighted by Crippen LogP contribution is -2.61. The summed E-state index contributed by atoms with van der Waals surface area (Å²) >= 11 is 0. The normalized spacial score (nSPS) is 13.0. The van der Waals surface area contributed by atoms with Crippen molar-refractivity contribution in [1.82, 2.24) is 9.97 Å². The van der Waals surface area contributed by atoms with Crippen LogP contribution in [0.2, 0.25) is 0 Å². The van der Waals surface area contributed by atoms with Gasteiger partial charge in [0.2, 0.25) is 0 Å². The number of fused-ring (bicyclic) bond motifs is 9. The molecule has 0 radical (unpaired) electrons. The van der Waals surface area contributed by atoms with Crippen molar-refractivity contribution in [2.75, 3.05) is 9.80 Å². The maximum atomic E-state index is 5.82. The molecule has 1 aromatic heterocycles. The summed E-state index contributed by atoms with van der Waals surface area (Å²) in [4.78, 5) is 16.4. The van der Waals surface area contributed by atoms with Crippen molar-refractivity contribution < 1.29 is 0 Å². The number of aromatic nitrogens is 2. The summed E-state index contributed by atoms with van der Waals surface area (Å²) in [6, 6.07) is 97.4.